The van der Waals surface area contributed by atoms with Gasteiger partial charge in [-0.25, -0.2) is 12.8 Å². The summed E-state index contributed by atoms with van der Waals surface area (Å²) in [4.78, 5) is 18.5. The molecule has 0 aromatic heterocycles. The van der Waals surface area contributed by atoms with Gasteiger partial charge in [-0.1, -0.05) is 47.6 Å². The Hall–Kier alpha value is -1.90. The Morgan fingerprint density at radius 1 is 1.18 bits per heavy atom. The zero-order valence-electron chi connectivity index (χ0n) is 14.6. The Bertz CT molecular complexity index is 1040. The van der Waals surface area contributed by atoms with E-state index in [0.717, 1.165) is 5.69 Å². The number of anilines is 1. The number of thioether (sulfide) groups is 1. The lowest BCUT2D eigenvalue weighted by Gasteiger charge is -2.24. The van der Waals surface area contributed by atoms with E-state index in [1.165, 1.54) is 30.0 Å². The largest absolute Gasteiger partial charge is 0.316 e. The van der Waals surface area contributed by atoms with Gasteiger partial charge >= 0.3 is 0 Å². The van der Waals surface area contributed by atoms with Gasteiger partial charge in [-0.15, -0.1) is 0 Å². The van der Waals surface area contributed by atoms with Crippen LogP contribution in [-0.2, 0) is 21.1 Å². The molecule has 2 heterocycles. The fourth-order valence-corrected chi connectivity index (χ4v) is 7.61. The number of aliphatic imine (C=N–C) groups is 1. The van der Waals surface area contributed by atoms with E-state index in [-0.39, 0.29) is 39.8 Å². The molecule has 0 radical (unpaired) electrons. The molecule has 5 nitrogen and oxygen atoms in total. The summed E-state index contributed by atoms with van der Waals surface area (Å²) in [5.74, 6) is -1.01. The molecule has 2 fully saturated rings. The van der Waals surface area contributed by atoms with Crippen LogP contribution in [0.5, 0.6) is 0 Å². The number of benzene rings is 2. The lowest BCUT2D eigenvalue weighted by molar-refractivity contribution is -0.117. The van der Waals surface area contributed by atoms with E-state index in [4.69, 9.17) is 11.6 Å². The van der Waals surface area contributed by atoms with E-state index in [9.17, 15) is 17.6 Å². The van der Waals surface area contributed by atoms with Crippen LogP contribution in [0.1, 0.15) is 5.56 Å². The predicted molar refractivity (Wildman–Crippen MR) is 110 cm³/mol. The van der Waals surface area contributed by atoms with Crippen LogP contribution in [0.25, 0.3) is 0 Å². The van der Waals surface area contributed by atoms with E-state index < -0.39 is 21.6 Å². The highest BCUT2D eigenvalue weighted by Gasteiger charge is 2.49. The van der Waals surface area contributed by atoms with Crippen LogP contribution in [0.15, 0.2) is 53.5 Å². The summed E-state index contributed by atoms with van der Waals surface area (Å²) in [5, 5.41) is 0.429. The van der Waals surface area contributed by atoms with Crippen molar-refractivity contribution in [1.82, 2.24) is 0 Å². The van der Waals surface area contributed by atoms with Gasteiger partial charge in [0.25, 0.3) is 5.91 Å². The Morgan fingerprint density at radius 2 is 1.93 bits per heavy atom. The van der Waals surface area contributed by atoms with Crippen molar-refractivity contribution in [2.24, 2.45) is 4.99 Å². The number of sulfone groups is 1. The Labute approximate surface area is 171 Å². The standard InChI is InChI=1S/C19H16ClFN2O3S2/c20-14-7-4-8-15(21)13(14)9-18(24)22-19-23(12-5-2-1-3-6-12)16-10-28(25,26)11-17(16)27-19/h1-8,16-17H,9-11H2/t16-,17-/m1/s1. The second-order valence-corrected chi connectivity index (χ2v) is 10.4. The van der Waals surface area contributed by atoms with Gasteiger partial charge in [0.05, 0.1) is 24.0 Å². The molecule has 28 heavy (non-hydrogen) atoms. The zero-order valence-corrected chi connectivity index (χ0v) is 17.0. The second-order valence-electron chi connectivity index (χ2n) is 6.67. The highest BCUT2D eigenvalue weighted by molar-refractivity contribution is 8.16. The average molecular weight is 439 g/mol. The highest BCUT2D eigenvalue weighted by atomic mass is 35.5. The molecule has 2 aliphatic heterocycles. The molecule has 9 heteroatoms. The molecule has 2 saturated heterocycles. The number of carbonyl (C=O) groups excluding carboxylic acids is 1. The fourth-order valence-electron chi connectivity index (χ4n) is 3.45. The summed E-state index contributed by atoms with van der Waals surface area (Å²) < 4.78 is 38.1. The molecule has 4 rings (SSSR count). The average Bonchev–Trinajstić information content (AvgIpc) is 3.09. The number of para-hydroxylation sites is 1. The summed E-state index contributed by atoms with van der Waals surface area (Å²) >= 11 is 7.28. The molecule has 0 aliphatic carbocycles. The van der Waals surface area contributed by atoms with Crippen molar-refractivity contribution < 1.29 is 17.6 Å². The minimum Gasteiger partial charge on any atom is -0.316 e. The Balaban J connectivity index is 1.65. The fraction of sp³-hybridized carbons (Fsp3) is 0.263. The van der Waals surface area contributed by atoms with Crippen molar-refractivity contribution in [1.29, 1.82) is 0 Å². The van der Waals surface area contributed by atoms with E-state index >= 15 is 0 Å². The molecule has 1 amide bonds. The number of hydrogen-bond acceptors (Lipinski definition) is 4. The molecule has 2 aliphatic rings. The molecule has 2 aromatic carbocycles. The van der Waals surface area contributed by atoms with Crippen LogP contribution in [0.2, 0.25) is 5.02 Å². The first-order valence-electron chi connectivity index (χ1n) is 8.60. The van der Waals surface area contributed by atoms with Crippen molar-refractivity contribution in [2.75, 3.05) is 16.4 Å². The van der Waals surface area contributed by atoms with Crippen LogP contribution >= 0.6 is 23.4 Å². The minimum absolute atomic E-state index is 0.0198. The van der Waals surface area contributed by atoms with E-state index in [1.54, 1.807) is 4.90 Å². The molecule has 2 atom stereocenters. The maximum Gasteiger partial charge on any atom is 0.252 e. The maximum absolute atomic E-state index is 14.0. The van der Waals surface area contributed by atoms with Gasteiger partial charge in [0.15, 0.2) is 15.0 Å². The van der Waals surface area contributed by atoms with Gasteiger partial charge in [0.1, 0.15) is 5.82 Å². The maximum atomic E-state index is 14.0. The van der Waals surface area contributed by atoms with Crippen LogP contribution in [0, 0.1) is 5.82 Å². The van der Waals surface area contributed by atoms with Crippen molar-refractivity contribution in [3.05, 3.63) is 64.9 Å². The van der Waals surface area contributed by atoms with Gasteiger partial charge in [-0.05, 0) is 24.3 Å². The van der Waals surface area contributed by atoms with Gasteiger partial charge < -0.3 is 4.90 Å². The third-order valence-electron chi connectivity index (χ3n) is 4.71. The first-order valence-corrected chi connectivity index (χ1v) is 11.7. The van der Waals surface area contributed by atoms with Gasteiger partial charge in [0.2, 0.25) is 0 Å². The van der Waals surface area contributed by atoms with Crippen molar-refractivity contribution in [2.45, 2.75) is 17.7 Å². The lowest BCUT2D eigenvalue weighted by atomic mass is 10.1. The Kier molecular flexibility index (Phi) is 5.20. The summed E-state index contributed by atoms with van der Waals surface area (Å²) in [6.45, 7) is 0. The number of hydrogen-bond donors (Lipinski definition) is 0. The third-order valence-corrected chi connectivity index (χ3v) is 8.27. The monoisotopic (exact) mass is 438 g/mol. The molecule has 2 aromatic rings. The topological polar surface area (TPSA) is 66.8 Å². The van der Waals surface area contributed by atoms with Gasteiger partial charge in [-0.2, -0.15) is 4.99 Å². The van der Waals surface area contributed by atoms with Crippen molar-refractivity contribution >= 4 is 50.0 Å². The zero-order chi connectivity index (χ0) is 19.9. The molecular weight excluding hydrogens is 423 g/mol. The predicted octanol–water partition coefficient (Wildman–Crippen LogP) is 3.32. The quantitative estimate of drug-likeness (QED) is 0.735. The van der Waals surface area contributed by atoms with Crippen LogP contribution < -0.4 is 4.90 Å². The number of carbonyl (C=O) groups is 1. The molecular formula is C19H16ClFN2O3S2. The smallest absolute Gasteiger partial charge is 0.252 e. The number of amidine groups is 1. The van der Waals surface area contributed by atoms with Gasteiger partial charge in [0, 0.05) is 21.5 Å². The first-order chi connectivity index (χ1) is 13.3. The van der Waals surface area contributed by atoms with Crippen LogP contribution in [0.4, 0.5) is 10.1 Å². The lowest BCUT2D eigenvalue weighted by Crippen LogP contribution is -2.37. The van der Waals surface area contributed by atoms with E-state index in [0.29, 0.717) is 5.17 Å². The molecule has 0 saturated carbocycles. The summed E-state index contributed by atoms with van der Waals surface area (Å²) in [7, 11) is -3.13. The minimum atomic E-state index is -3.13. The molecule has 0 bridgehead atoms. The highest BCUT2D eigenvalue weighted by Crippen LogP contribution is 2.40. The summed E-state index contributed by atoms with van der Waals surface area (Å²) in [5.41, 5.74) is 0.880. The van der Waals surface area contributed by atoms with Crippen molar-refractivity contribution in [3.63, 3.8) is 0 Å². The molecule has 0 N–H and O–H groups in total. The molecule has 0 spiro atoms. The van der Waals surface area contributed by atoms with Gasteiger partial charge in [-0.3, -0.25) is 4.79 Å². The molecule has 0 unspecified atom stereocenters. The number of fused-ring (bicyclic) bond motifs is 1. The third kappa shape index (κ3) is 3.81. The number of nitrogens with zero attached hydrogens (tertiary/aromatic N) is 2. The number of halogens is 2. The first kappa shape index (κ1) is 19.4. The summed E-state index contributed by atoms with van der Waals surface area (Å²) in [6.07, 6.45) is -0.258. The van der Waals surface area contributed by atoms with Crippen LogP contribution in [-0.4, -0.2) is 42.3 Å². The van der Waals surface area contributed by atoms with E-state index in [1.807, 2.05) is 30.3 Å². The summed E-state index contributed by atoms with van der Waals surface area (Å²) in [6, 6.07) is 13.2. The Morgan fingerprint density at radius 3 is 2.64 bits per heavy atom. The number of amides is 1. The number of rotatable bonds is 3. The second kappa shape index (κ2) is 7.50. The van der Waals surface area contributed by atoms with Crippen molar-refractivity contribution in [3.8, 4) is 0 Å². The SMILES string of the molecule is O=C(Cc1c(F)cccc1Cl)N=C1S[C@@H]2CS(=O)(=O)C[C@H]2N1c1ccccc1. The van der Waals surface area contributed by atoms with Crippen LogP contribution in [0.3, 0.4) is 0 Å². The van der Waals surface area contributed by atoms with E-state index in [2.05, 4.69) is 4.99 Å². The molecule has 146 valence electrons. The normalized spacial score (nSPS) is 24.5.